The van der Waals surface area contributed by atoms with E-state index in [9.17, 15) is 23.1 Å². The summed E-state index contributed by atoms with van der Waals surface area (Å²) in [5, 5.41) is 10.1. The lowest BCUT2D eigenvalue weighted by atomic mass is 10.1. The number of nitrogens with zero attached hydrogens (tertiary/aromatic N) is 1. The van der Waals surface area contributed by atoms with Gasteiger partial charge in [0.25, 0.3) is 0 Å². The fourth-order valence-electron chi connectivity index (χ4n) is 3.17. The first-order valence-corrected chi connectivity index (χ1v) is 8.94. The van der Waals surface area contributed by atoms with Gasteiger partial charge in [-0.25, -0.2) is 9.28 Å². The molecule has 1 aliphatic rings. The summed E-state index contributed by atoms with van der Waals surface area (Å²) in [7, 11) is 0. The Morgan fingerprint density at radius 3 is 2.43 bits per heavy atom. The number of quaternary nitrogens is 1. The zero-order chi connectivity index (χ0) is 20.7. The third-order valence-corrected chi connectivity index (χ3v) is 5.36. The Morgan fingerprint density at radius 2 is 1.79 bits per heavy atom. The molecule has 1 atom stereocenters. The smallest absolute Gasteiger partial charge is 0.477 e. The van der Waals surface area contributed by atoms with Gasteiger partial charge in [0.05, 0.1) is 10.0 Å². The Labute approximate surface area is 172 Å². The van der Waals surface area contributed by atoms with Crippen molar-refractivity contribution in [3.63, 3.8) is 0 Å². The fourth-order valence-corrected chi connectivity index (χ4v) is 3.82. The summed E-state index contributed by atoms with van der Waals surface area (Å²) in [4.78, 5) is 11.6. The zero-order valence-corrected chi connectivity index (χ0v) is 16.2. The van der Waals surface area contributed by atoms with Crippen LogP contribution in [0, 0.1) is 0 Å². The van der Waals surface area contributed by atoms with E-state index in [-0.39, 0.29) is 26.2 Å². The lowest BCUT2D eigenvalue weighted by Crippen LogP contribution is -2.48. The van der Waals surface area contributed by atoms with Gasteiger partial charge < -0.3 is 9.84 Å². The molecule has 0 bridgehead atoms. The average molecular weight is 454 g/mol. The van der Waals surface area contributed by atoms with E-state index < -0.39 is 24.6 Å². The van der Waals surface area contributed by atoms with Crippen LogP contribution in [0.15, 0.2) is 41.6 Å². The van der Waals surface area contributed by atoms with E-state index in [4.69, 9.17) is 34.8 Å². The minimum atomic E-state index is -4.84. The quantitative estimate of drug-likeness (QED) is 0.444. The number of carboxylic acid groups (broad SMARTS) is 1. The second kappa shape index (κ2) is 7.48. The molecule has 0 radical (unpaired) electrons. The number of aliphatic carboxylic acids is 1. The molecule has 4 nitrogen and oxygen atoms in total. The molecule has 0 spiro atoms. The molecule has 10 heteroatoms. The van der Waals surface area contributed by atoms with Crippen molar-refractivity contribution >= 4 is 52.5 Å². The number of carboxylic acids is 1. The largest absolute Gasteiger partial charge is 0.573 e. The van der Waals surface area contributed by atoms with Crippen LogP contribution >= 0.6 is 34.8 Å². The second-order valence-electron chi connectivity index (χ2n) is 6.17. The number of carbonyl (C=O) groups is 1. The van der Waals surface area contributed by atoms with Crippen molar-refractivity contribution < 1.29 is 27.8 Å². The molecular weight excluding hydrogens is 442 g/mol. The second-order valence-corrected chi connectivity index (χ2v) is 7.37. The highest BCUT2D eigenvalue weighted by Crippen LogP contribution is 2.46. The van der Waals surface area contributed by atoms with Gasteiger partial charge in [0.15, 0.2) is 6.54 Å². The molecule has 28 heavy (non-hydrogen) atoms. The van der Waals surface area contributed by atoms with E-state index in [0.717, 1.165) is 6.07 Å². The summed E-state index contributed by atoms with van der Waals surface area (Å²) < 4.78 is 41.1. The van der Waals surface area contributed by atoms with Crippen LogP contribution in [0.4, 0.5) is 18.9 Å². The molecule has 0 fully saturated rings. The lowest BCUT2D eigenvalue weighted by molar-refractivity contribution is -0.274. The molecule has 0 aromatic heterocycles. The molecular formula is C18H12Cl3F3NO3+. The van der Waals surface area contributed by atoms with E-state index >= 15 is 0 Å². The highest BCUT2D eigenvalue weighted by Gasteiger charge is 2.44. The Balaban J connectivity index is 2.06. The summed E-state index contributed by atoms with van der Waals surface area (Å²) in [6.45, 7) is -0.466. The van der Waals surface area contributed by atoms with Crippen molar-refractivity contribution in [3.05, 3.63) is 62.7 Å². The standard InChI is InChI=1S/C18H11Cl3F3NO3/c19-13-5-11-6-16(21)25(9-17(26)27,15(11)7-14(13)20)8-10-2-1-3-12(4-10)28-18(22,23)24/h1-7H,8-9H2/p+1. The van der Waals surface area contributed by atoms with Gasteiger partial charge in [0, 0.05) is 23.3 Å². The van der Waals surface area contributed by atoms with Crippen molar-refractivity contribution in [2.24, 2.45) is 0 Å². The van der Waals surface area contributed by atoms with E-state index in [1.165, 1.54) is 18.2 Å². The lowest BCUT2D eigenvalue weighted by Gasteiger charge is -2.33. The zero-order valence-electron chi connectivity index (χ0n) is 13.9. The monoisotopic (exact) mass is 452 g/mol. The van der Waals surface area contributed by atoms with Gasteiger partial charge in [-0.05, 0) is 29.8 Å². The summed E-state index contributed by atoms with van der Waals surface area (Å²) in [6, 6.07) is 8.37. The highest BCUT2D eigenvalue weighted by molar-refractivity contribution is 6.42. The molecule has 0 saturated heterocycles. The molecule has 1 N–H and O–H groups in total. The van der Waals surface area contributed by atoms with Gasteiger partial charge in [0.2, 0.25) is 5.16 Å². The molecule has 2 aromatic carbocycles. The number of fused-ring (bicyclic) bond motifs is 1. The van der Waals surface area contributed by atoms with Crippen LogP contribution < -0.4 is 9.22 Å². The predicted octanol–water partition coefficient (Wildman–Crippen LogP) is 6.03. The Morgan fingerprint density at radius 1 is 1.11 bits per heavy atom. The number of hydrogen-bond acceptors (Lipinski definition) is 2. The molecule has 0 aliphatic carbocycles. The van der Waals surface area contributed by atoms with Crippen molar-refractivity contribution in [2.75, 3.05) is 6.54 Å². The molecule has 148 valence electrons. The van der Waals surface area contributed by atoms with Crippen molar-refractivity contribution in [1.29, 1.82) is 0 Å². The molecule has 0 amide bonds. The molecule has 3 rings (SSSR count). The summed E-state index contributed by atoms with van der Waals surface area (Å²) in [6.07, 6.45) is -3.27. The first kappa shape index (κ1) is 20.8. The molecule has 1 heterocycles. The minimum absolute atomic E-state index is 0.0261. The number of alkyl halides is 3. The van der Waals surface area contributed by atoms with Gasteiger partial charge in [-0.3, -0.25) is 0 Å². The number of halogens is 6. The van der Waals surface area contributed by atoms with E-state index in [0.29, 0.717) is 16.8 Å². The van der Waals surface area contributed by atoms with Gasteiger partial charge >= 0.3 is 12.3 Å². The van der Waals surface area contributed by atoms with Crippen molar-refractivity contribution in [1.82, 2.24) is 4.48 Å². The normalized spacial score (nSPS) is 18.6. The Bertz CT molecular complexity index is 978. The summed E-state index contributed by atoms with van der Waals surface area (Å²) in [5.74, 6) is -1.56. The first-order valence-electron chi connectivity index (χ1n) is 7.81. The maximum absolute atomic E-state index is 12.5. The summed E-state index contributed by atoms with van der Waals surface area (Å²) >= 11 is 18.6. The van der Waals surface area contributed by atoms with E-state index in [2.05, 4.69) is 4.74 Å². The maximum Gasteiger partial charge on any atom is 0.573 e. The fraction of sp³-hybridized carbons (Fsp3) is 0.167. The molecule has 2 aromatic rings. The minimum Gasteiger partial charge on any atom is -0.477 e. The van der Waals surface area contributed by atoms with Crippen molar-refractivity contribution in [2.45, 2.75) is 12.9 Å². The third kappa shape index (κ3) is 4.22. The van der Waals surface area contributed by atoms with Gasteiger partial charge in [-0.1, -0.05) is 35.3 Å². The van der Waals surface area contributed by atoms with Crippen LogP contribution in [0.2, 0.25) is 10.0 Å². The van der Waals surface area contributed by atoms with Crippen LogP contribution in [0.1, 0.15) is 11.1 Å². The third-order valence-electron chi connectivity index (χ3n) is 4.20. The number of benzene rings is 2. The van der Waals surface area contributed by atoms with Crippen LogP contribution in [-0.4, -0.2) is 24.0 Å². The van der Waals surface area contributed by atoms with Crippen LogP contribution in [-0.2, 0) is 11.3 Å². The summed E-state index contributed by atoms with van der Waals surface area (Å²) in [5.41, 5.74) is 1.47. The van der Waals surface area contributed by atoms with Gasteiger partial charge in [-0.2, -0.15) is 0 Å². The van der Waals surface area contributed by atoms with Gasteiger partial charge in [-0.15, -0.1) is 13.2 Å². The first-order chi connectivity index (χ1) is 13.0. The van der Waals surface area contributed by atoms with Crippen LogP contribution in [0.5, 0.6) is 5.75 Å². The van der Waals surface area contributed by atoms with E-state index in [1.54, 1.807) is 18.2 Å². The molecule has 0 saturated carbocycles. The molecule has 1 aliphatic heterocycles. The van der Waals surface area contributed by atoms with Crippen molar-refractivity contribution in [3.8, 4) is 5.75 Å². The predicted molar refractivity (Wildman–Crippen MR) is 101 cm³/mol. The van der Waals surface area contributed by atoms with Crippen LogP contribution in [0.3, 0.4) is 0 Å². The molecule has 1 unspecified atom stereocenters. The van der Waals surface area contributed by atoms with Gasteiger partial charge in [0.1, 0.15) is 18.0 Å². The highest BCUT2D eigenvalue weighted by atomic mass is 35.5. The number of rotatable bonds is 5. The Hall–Kier alpha value is -1.93. The van der Waals surface area contributed by atoms with E-state index in [1.807, 2.05) is 0 Å². The topological polar surface area (TPSA) is 46.5 Å². The number of ether oxygens (including phenoxy) is 1. The average Bonchev–Trinajstić information content (AvgIpc) is 2.78. The Kier molecular flexibility index (Phi) is 5.55. The SMILES string of the molecule is O=C(O)C[N+]1(Cc2cccc(OC(F)(F)F)c2)C(Cl)=Cc2cc(Cl)c(Cl)cc21. The number of hydrogen-bond donors (Lipinski definition) is 1. The van der Waals surface area contributed by atoms with Crippen LogP contribution in [0.25, 0.3) is 6.08 Å². The maximum atomic E-state index is 12.5.